The quantitative estimate of drug-likeness (QED) is 0.742. The first-order chi connectivity index (χ1) is 6.45. The standard InChI is InChI=1S/C9H20N2O2S/c1-8(10-2)9-4-6-11(7-5-9)14(3,12)13/h8-10H,4-7H2,1-3H3. The second-order valence-corrected chi connectivity index (χ2v) is 6.06. The van der Waals surface area contributed by atoms with E-state index in [9.17, 15) is 8.42 Å². The topological polar surface area (TPSA) is 49.4 Å². The molecular formula is C9H20N2O2S. The third-order valence-corrected chi connectivity index (χ3v) is 4.43. The molecule has 1 aliphatic rings. The van der Waals surface area contributed by atoms with Gasteiger partial charge in [0.2, 0.25) is 10.0 Å². The normalized spacial score (nSPS) is 23.6. The number of nitrogens with zero attached hydrogens (tertiary/aromatic N) is 1. The molecule has 0 spiro atoms. The van der Waals surface area contributed by atoms with Crippen LogP contribution in [0.15, 0.2) is 0 Å². The van der Waals surface area contributed by atoms with Gasteiger partial charge in [-0.05, 0) is 32.7 Å². The molecule has 0 aliphatic carbocycles. The van der Waals surface area contributed by atoms with Gasteiger partial charge in [-0.2, -0.15) is 0 Å². The highest BCUT2D eigenvalue weighted by atomic mass is 32.2. The maximum atomic E-state index is 11.2. The minimum Gasteiger partial charge on any atom is -0.317 e. The molecule has 0 aromatic heterocycles. The van der Waals surface area contributed by atoms with Crippen LogP contribution in [0.25, 0.3) is 0 Å². The Morgan fingerprint density at radius 1 is 1.36 bits per heavy atom. The van der Waals surface area contributed by atoms with Gasteiger partial charge in [-0.25, -0.2) is 12.7 Å². The summed E-state index contributed by atoms with van der Waals surface area (Å²) in [7, 11) is -1.02. The molecule has 1 heterocycles. The van der Waals surface area contributed by atoms with E-state index < -0.39 is 10.0 Å². The van der Waals surface area contributed by atoms with E-state index >= 15 is 0 Å². The molecule has 1 N–H and O–H groups in total. The summed E-state index contributed by atoms with van der Waals surface area (Å²) in [5, 5.41) is 3.22. The Bertz CT molecular complexity index is 269. The number of hydrogen-bond acceptors (Lipinski definition) is 3. The molecule has 1 fully saturated rings. The van der Waals surface area contributed by atoms with E-state index in [-0.39, 0.29) is 0 Å². The zero-order chi connectivity index (χ0) is 10.8. The molecule has 0 aromatic carbocycles. The average molecular weight is 220 g/mol. The fourth-order valence-electron chi connectivity index (χ4n) is 1.94. The van der Waals surface area contributed by atoms with Crippen molar-refractivity contribution in [3.8, 4) is 0 Å². The second-order valence-electron chi connectivity index (χ2n) is 4.08. The minimum atomic E-state index is -2.97. The second kappa shape index (κ2) is 4.59. The van der Waals surface area contributed by atoms with Gasteiger partial charge in [0.15, 0.2) is 0 Å². The van der Waals surface area contributed by atoms with Crippen LogP contribution in [0.5, 0.6) is 0 Å². The molecule has 1 rings (SSSR count). The number of sulfonamides is 1. The zero-order valence-corrected chi connectivity index (χ0v) is 9.97. The zero-order valence-electron chi connectivity index (χ0n) is 9.16. The van der Waals surface area contributed by atoms with Crippen molar-refractivity contribution in [1.29, 1.82) is 0 Å². The van der Waals surface area contributed by atoms with E-state index in [1.165, 1.54) is 6.26 Å². The largest absolute Gasteiger partial charge is 0.317 e. The fourth-order valence-corrected chi connectivity index (χ4v) is 2.82. The van der Waals surface area contributed by atoms with Gasteiger partial charge < -0.3 is 5.32 Å². The van der Waals surface area contributed by atoms with Gasteiger partial charge in [0.1, 0.15) is 0 Å². The first-order valence-electron chi connectivity index (χ1n) is 5.07. The van der Waals surface area contributed by atoms with Gasteiger partial charge in [-0.15, -0.1) is 0 Å². The highest BCUT2D eigenvalue weighted by Gasteiger charge is 2.27. The van der Waals surface area contributed by atoms with Crippen molar-refractivity contribution in [2.45, 2.75) is 25.8 Å². The van der Waals surface area contributed by atoms with Crippen molar-refractivity contribution in [2.24, 2.45) is 5.92 Å². The van der Waals surface area contributed by atoms with E-state index in [0.717, 1.165) is 12.8 Å². The molecule has 4 nitrogen and oxygen atoms in total. The molecular weight excluding hydrogens is 200 g/mol. The third-order valence-electron chi connectivity index (χ3n) is 3.13. The molecule has 0 amide bonds. The number of nitrogens with one attached hydrogen (secondary N) is 1. The summed E-state index contributed by atoms with van der Waals surface area (Å²) >= 11 is 0. The Labute approximate surface area is 86.7 Å². The van der Waals surface area contributed by atoms with Crippen LogP contribution in [-0.4, -0.2) is 45.2 Å². The van der Waals surface area contributed by atoms with Crippen LogP contribution in [0.2, 0.25) is 0 Å². The van der Waals surface area contributed by atoms with Gasteiger partial charge in [-0.1, -0.05) is 0 Å². The monoisotopic (exact) mass is 220 g/mol. The lowest BCUT2D eigenvalue weighted by Crippen LogP contribution is -2.42. The predicted octanol–water partition coefficient (Wildman–Crippen LogP) is 0.266. The van der Waals surface area contributed by atoms with E-state index in [1.54, 1.807) is 4.31 Å². The summed E-state index contributed by atoms with van der Waals surface area (Å²) in [4.78, 5) is 0. The summed E-state index contributed by atoms with van der Waals surface area (Å²) in [5.41, 5.74) is 0. The molecule has 1 aliphatic heterocycles. The van der Waals surface area contributed by atoms with Gasteiger partial charge in [0.05, 0.1) is 6.26 Å². The lowest BCUT2D eigenvalue weighted by atomic mass is 9.91. The lowest BCUT2D eigenvalue weighted by Gasteiger charge is -2.33. The lowest BCUT2D eigenvalue weighted by molar-refractivity contribution is 0.237. The molecule has 14 heavy (non-hydrogen) atoms. The molecule has 0 radical (unpaired) electrons. The van der Waals surface area contributed by atoms with Crippen molar-refractivity contribution >= 4 is 10.0 Å². The van der Waals surface area contributed by atoms with E-state index in [2.05, 4.69) is 12.2 Å². The van der Waals surface area contributed by atoms with E-state index in [4.69, 9.17) is 0 Å². The molecule has 84 valence electrons. The summed E-state index contributed by atoms with van der Waals surface area (Å²) in [5.74, 6) is 0.609. The molecule has 5 heteroatoms. The summed E-state index contributed by atoms with van der Waals surface area (Å²) < 4.78 is 24.1. The van der Waals surface area contributed by atoms with Gasteiger partial charge in [0.25, 0.3) is 0 Å². The van der Waals surface area contributed by atoms with Crippen LogP contribution in [0.4, 0.5) is 0 Å². The highest BCUT2D eigenvalue weighted by Crippen LogP contribution is 2.21. The number of piperidine rings is 1. The van der Waals surface area contributed by atoms with Gasteiger partial charge in [-0.3, -0.25) is 0 Å². The Morgan fingerprint density at radius 3 is 2.21 bits per heavy atom. The SMILES string of the molecule is CNC(C)C1CCN(S(C)(=O)=O)CC1. The molecule has 0 aromatic rings. The van der Waals surface area contributed by atoms with Crippen molar-refractivity contribution in [3.63, 3.8) is 0 Å². The average Bonchev–Trinajstić information content (AvgIpc) is 2.15. The number of hydrogen-bond donors (Lipinski definition) is 1. The molecule has 1 atom stereocenters. The smallest absolute Gasteiger partial charge is 0.211 e. The first kappa shape index (κ1) is 11.9. The van der Waals surface area contributed by atoms with Gasteiger partial charge >= 0.3 is 0 Å². The number of rotatable bonds is 3. The Hall–Kier alpha value is -0.130. The molecule has 1 saturated heterocycles. The fraction of sp³-hybridized carbons (Fsp3) is 1.00. The first-order valence-corrected chi connectivity index (χ1v) is 6.92. The van der Waals surface area contributed by atoms with Crippen molar-refractivity contribution in [2.75, 3.05) is 26.4 Å². The van der Waals surface area contributed by atoms with Crippen LogP contribution in [0.1, 0.15) is 19.8 Å². The van der Waals surface area contributed by atoms with Crippen molar-refractivity contribution < 1.29 is 8.42 Å². The Morgan fingerprint density at radius 2 is 1.86 bits per heavy atom. The molecule has 0 bridgehead atoms. The van der Waals surface area contributed by atoms with Crippen LogP contribution < -0.4 is 5.32 Å². The maximum absolute atomic E-state index is 11.2. The Balaban J connectivity index is 2.47. The predicted molar refractivity (Wildman–Crippen MR) is 57.7 cm³/mol. The van der Waals surface area contributed by atoms with Crippen LogP contribution in [-0.2, 0) is 10.0 Å². The molecule has 1 unspecified atom stereocenters. The highest BCUT2D eigenvalue weighted by molar-refractivity contribution is 7.88. The molecule has 0 saturated carbocycles. The van der Waals surface area contributed by atoms with E-state index in [0.29, 0.717) is 25.0 Å². The minimum absolute atomic E-state index is 0.483. The van der Waals surface area contributed by atoms with Crippen molar-refractivity contribution in [1.82, 2.24) is 9.62 Å². The Kier molecular flexibility index (Phi) is 3.92. The van der Waals surface area contributed by atoms with Crippen LogP contribution >= 0.6 is 0 Å². The third kappa shape index (κ3) is 2.93. The van der Waals surface area contributed by atoms with Crippen molar-refractivity contribution in [3.05, 3.63) is 0 Å². The summed E-state index contributed by atoms with van der Waals surface area (Å²) in [6, 6.07) is 0.483. The van der Waals surface area contributed by atoms with E-state index in [1.807, 2.05) is 7.05 Å². The van der Waals surface area contributed by atoms with Crippen LogP contribution in [0.3, 0.4) is 0 Å². The summed E-state index contributed by atoms with van der Waals surface area (Å²) in [6.07, 6.45) is 3.22. The maximum Gasteiger partial charge on any atom is 0.211 e. The van der Waals surface area contributed by atoms with Gasteiger partial charge in [0, 0.05) is 19.1 Å². The van der Waals surface area contributed by atoms with Crippen LogP contribution in [0, 0.1) is 5.92 Å². The summed E-state index contributed by atoms with van der Waals surface area (Å²) in [6.45, 7) is 3.51.